The van der Waals surface area contributed by atoms with Crippen LogP contribution in [0.1, 0.15) is 63.4 Å². The maximum atomic E-state index is 15.0. The lowest BCUT2D eigenvalue weighted by molar-refractivity contribution is 0.0155. The summed E-state index contributed by atoms with van der Waals surface area (Å²) in [4.78, 5) is 18.6. The second-order valence-corrected chi connectivity index (χ2v) is 12.8. The first-order chi connectivity index (χ1) is 20.0. The number of piperidine rings is 1. The number of β-amino-alcohol motifs (C(OH)–C–C–N with tert-alkyl or cyclic N) is 1. The number of fused-ring (bicyclic) bond motifs is 2. The molecule has 2 aliphatic heterocycles. The number of halogens is 1. The van der Waals surface area contributed by atoms with Crippen LogP contribution in [0.3, 0.4) is 0 Å². The third-order valence-electron chi connectivity index (χ3n) is 8.44. The van der Waals surface area contributed by atoms with Gasteiger partial charge in [-0.05, 0) is 69.5 Å². The summed E-state index contributed by atoms with van der Waals surface area (Å²) in [6.45, 7) is 12.7. The molecule has 0 atom stereocenters. The number of hydrogen-bond donors (Lipinski definition) is 2. The van der Waals surface area contributed by atoms with Gasteiger partial charge < -0.3 is 15.3 Å². The van der Waals surface area contributed by atoms with E-state index in [1.54, 1.807) is 0 Å². The molecule has 5 heterocycles. The minimum Gasteiger partial charge on any atom is -0.389 e. The van der Waals surface area contributed by atoms with Crippen LogP contribution in [0.5, 0.6) is 0 Å². The van der Waals surface area contributed by atoms with Crippen LogP contribution in [0.15, 0.2) is 36.5 Å². The highest BCUT2D eigenvalue weighted by atomic mass is 19.1. The molecule has 0 aliphatic carbocycles. The van der Waals surface area contributed by atoms with Crippen molar-refractivity contribution < 1.29 is 9.50 Å². The number of anilines is 2. The fraction of sp³-hybridized carbons (Fsp3) is 0.500. The molecule has 1 aromatic carbocycles. The highest BCUT2D eigenvalue weighted by Crippen LogP contribution is 2.31. The van der Waals surface area contributed by atoms with Gasteiger partial charge >= 0.3 is 0 Å². The van der Waals surface area contributed by atoms with Gasteiger partial charge in [-0.2, -0.15) is 5.10 Å². The van der Waals surface area contributed by atoms with Crippen LogP contribution in [0.2, 0.25) is 0 Å². The Morgan fingerprint density at radius 2 is 1.88 bits per heavy atom. The summed E-state index contributed by atoms with van der Waals surface area (Å²) in [6, 6.07) is 10.4. The summed E-state index contributed by atoms with van der Waals surface area (Å²) >= 11 is 0. The fourth-order valence-corrected chi connectivity index (χ4v) is 6.60. The van der Waals surface area contributed by atoms with Gasteiger partial charge in [0.25, 0.3) is 0 Å². The first-order valence-electron chi connectivity index (χ1n) is 15.0. The molecule has 222 valence electrons. The van der Waals surface area contributed by atoms with E-state index in [0.717, 1.165) is 74.3 Å². The number of nitrogens with one attached hydrogen (secondary N) is 1. The first kappa shape index (κ1) is 28.6. The molecule has 3 aromatic heterocycles. The van der Waals surface area contributed by atoms with Crippen molar-refractivity contribution in [2.24, 2.45) is 7.05 Å². The quantitative estimate of drug-likeness (QED) is 0.319. The summed E-state index contributed by atoms with van der Waals surface area (Å²) in [7, 11) is 1.94. The summed E-state index contributed by atoms with van der Waals surface area (Å²) in [5.74, 6) is 0.774. The molecule has 4 aromatic rings. The van der Waals surface area contributed by atoms with E-state index in [-0.39, 0.29) is 11.6 Å². The molecule has 0 unspecified atom stereocenters. The van der Waals surface area contributed by atoms with Gasteiger partial charge in [-0.15, -0.1) is 0 Å². The van der Waals surface area contributed by atoms with Crippen molar-refractivity contribution in [1.29, 1.82) is 0 Å². The summed E-state index contributed by atoms with van der Waals surface area (Å²) in [6.07, 6.45) is 4.34. The predicted molar refractivity (Wildman–Crippen MR) is 163 cm³/mol. The van der Waals surface area contributed by atoms with Gasteiger partial charge in [-0.25, -0.2) is 19.3 Å². The van der Waals surface area contributed by atoms with Gasteiger partial charge in [-0.1, -0.05) is 26.0 Å². The van der Waals surface area contributed by atoms with E-state index in [0.29, 0.717) is 23.4 Å². The third kappa shape index (κ3) is 6.02. The van der Waals surface area contributed by atoms with Crippen LogP contribution in [0.25, 0.3) is 22.2 Å². The van der Waals surface area contributed by atoms with Gasteiger partial charge in [0.05, 0.1) is 17.3 Å². The topological polar surface area (TPSA) is 95.2 Å². The van der Waals surface area contributed by atoms with Gasteiger partial charge in [0.1, 0.15) is 11.5 Å². The number of benzene rings is 1. The molecule has 0 saturated carbocycles. The zero-order chi connectivity index (χ0) is 29.6. The molecule has 0 radical (unpaired) electrons. The Bertz CT molecular complexity index is 1590. The van der Waals surface area contributed by atoms with Gasteiger partial charge in [0, 0.05) is 61.5 Å². The molecule has 1 fully saturated rings. The van der Waals surface area contributed by atoms with Gasteiger partial charge in [0.2, 0.25) is 5.95 Å². The number of aromatic nitrogens is 5. The summed E-state index contributed by atoms with van der Waals surface area (Å²) in [5, 5.41) is 19.0. The van der Waals surface area contributed by atoms with Crippen molar-refractivity contribution >= 4 is 22.7 Å². The number of nitrogens with zero attached hydrogens (tertiary/aromatic N) is 7. The van der Waals surface area contributed by atoms with E-state index >= 15 is 0 Å². The maximum absolute atomic E-state index is 15.0. The monoisotopic (exact) mass is 572 g/mol. The van der Waals surface area contributed by atoms with Crippen molar-refractivity contribution in [3.05, 3.63) is 59.3 Å². The van der Waals surface area contributed by atoms with E-state index in [4.69, 9.17) is 4.98 Å². The number of aryl methyl sites for hydroxylation is 1. The molecule has 0 amide bonds. The van der Waals surface area contributed by atoms with E-state index in [1.807, 2.05) is 49.8 Å². The average Bonchev–Trinajstić information content (AvgIpc) is 3.28. The predicted octanol–water partition coefficient (Wildman–Crippen LogP) is 5.02. The lowest BCUT2D eigenvalue weighted by Gasteiger charge is -2.41. The highest BCUT2D eigenvalue weighted by molar-refractivity contribution is 5.86. The largest absolute Gasteiger partial charge is 0.389 e. The molecule has 42 heavy (non-hydrogen) atoms. The van der Waals surface area contributed by atoms with Crippen molar-refractivity contribution in [3.63, 3.8) is 0 Å². The van der Waals surface area contributed by atoms with Crippen molar-refractivity contribution in [1.82, 2.24) is 34.5 Å². The number of aliphatic hydroxyl groups is 1. The number of hydrogen-bond acceptors (Lipinski definition) is 8. The lowest BCUT2D eigenvalue weighted by atomic mass is 9.97. The van der Waals surface area contributed by atoms with Crippen LogP contribution in [-0.2, 0) is 20.0 Å². The summed E-state index contributed by atoms with van der Waals surface area (Å²) < 4.78 is 16.9. The lowest BCUT2D eigenvalue weighted by Crippen LogP contribution is -2.49. The Labute approximate surface area is 246 Å². The molecular formula is C32H41FN8O. The number of rotatable bonds is 7. The molecular weight excluding hydrogens is 531 g/mol. The smallest absolute Gasteiger partial charge is 0.229 e. The van der Waals surface area contributed by atoms with Gasteiger partial charge in [0.15, 0.2) is 5.82 Å². The molecule has 1 saturated heterocycles. The molecule has 0 bridgehead atoms. The van der Waals surface area contributed by atoms with Gasteiger partial charge in [-0.3, -0.25) is 9.58 Å². The van der Waals surface area contributed by atoms with Crippen LogP contribution in [0, 0.1) is 5.82 Å². The minimum atomic E-state index is -0.652. The Morgan fingerprint density at radius 3 is 2.62 bits per heavy atom. The van der Waals surface area contributed by atoms with Crippen molar-refractivity contribution in [2.45, 2.75) is 71.1 Å². The molecule has 10 heteroatoms. The molecule has 0 spiro atoms. The molecule has 9 nitrogen and oxygen atoms in total. The van der Waals surface area contributed by atoms with E-state index in [2.05, 4.69) is 50.1 Å². The Kier molecular flexibility index (Phi) is 7.72. The Hall–Kier alpha value is -3.47. The standard InChI is InChI=1S/C32H41FN8O/c1-20(2)30-24-16-21(6-8-27(24)38-39(30)5)29-25(33)17-34-31(37-29)36-28-9-7-22-18-41(15-12-26(22)35-28)23-10-13-40(14-11-23)19-32(3,4)42/h6-9,16-17,20,23,42H,10-15,18-19H2,1-5H3,(H,34,35,36,37). The zero-order valence-corrected chi connectivity index (χ0v) is 25.2. The van der Waals surface area contributed by atoms with Crippen LogP contribution in [0.4, 0.5) is 16.2 Å². The number of likely N-dealkylation sites (tertiary alicyclic amines) is 1. The molecule has 2 aliphatic rings. The molecule has 2 N–H and O–H groups in total. The highest BCUT2D eigenvalue weighted by Gasteiger charge is 2.29. The zero-order valence-electron chi connectivity index (χ0n) is 25.2. The average molecular weight is 573 g/mol. The van der Waals surface area contributed by atoms with E-state index < -0.39 is 11.4 Å². The first-order valence-corrected chi connectivity index (χ1v) is 15.0. The third-order valence-corrected chi connectivity index (χ3v) is 8.44. The van der Waals surface area contributed by atoms with Crippen LogP contribution >= 0.6 is 0 Å². The van der Waals surface area contributed by atoms with Crippen molar-refractivity contribution in [3.8, 4) is 11.3 Å². The second kappa shape index (κ2) is 11.3. The SMILES string of the molecule is CC(C)c1c2cc(-c3nc(Nc4ccc5c(n4)CCN(C4CCN(CC(C)(C)O)CC4)C5)ncc3F)ccc2nn1C. The van der Waals surface area contributed by atoms with E-state index in [9.17, 15) is 9.50 Å². The normalized spacial score (nSPS) is 17.2. The molecule has 6 rings (SSSR count). The fourth-order valence-electron chi connectivity index (χ4n) is 6.60. The minimum absolute atomic E-state index is 0.246. The maximum Gasteiger partial charge on any atom is 0.229 e. The Balaban J connectivity index is 1.15. The van der Waals surface area contributed by atoms with Crippen LogP contribution in [-0.4, -0.2) is 77.5 Å². The van der Waals surface area contributed by atoms with Crippen LogP contribution < -0.4 is 5.32 Å². The summed E-state index contributed by atoms with van der Waals surface area (Å²) in [5.41, 5.74) is 4.59. The second-order valence-electron chi connectivity index (χ2n) is 12.8. The van der Waals surface area contributed by atoms with E-state index in [1.165, 1.54) is 11.8 Å². The Morgan fingerprint density at radius 1 is 1.10 bits per heavy atom. The number of pyridine rings is 1. The van der Waals surface area contributed by atoms with Crippen molar-refractivity contribution in [2.75, 3.05) is 31.5 Å².